The van der Waals surface area contributed by atoms with Crippen LogP contribution < -0.4 is 5.32 Å². The Hall–Kier alpha value is -2.60. The number of hydrogen-bond acceptors (Lipinski definition) is 2. The summed E-state index contributed by atoms with van der Waals surface area (Å²) in [5, 5.41) is 11.8. The lowest BCUT2D eigenvalue weighted by Gasteiger charge is -2.08. The van der Waals surface area contributed by atoms with Crippen molar-refractivity contribution in [3.8, 4) is 6.07 Å². The quantitative estimate of drug-likeness (QED) is 0.857. The molecule has 2 aliphatic rings. The SMILES string of the molecule is N#Cc1ccc([C@@H]2C[C@@]23C(=O)Nc2ccccc23)cc1. The smallest absolute Gasteiger partial charge is 0.235 e. The van der Waals surface area contributed by atoms with Gasteiger partial charge in [-0.1, -0.05) is 30.3 Å². The van der Waals surface area contributed by atoms with E-state index in [2.05, 4.69) is 11.4 Å². The average Bonchev–Trinajstić information content (AvgIpc) is 3.18. The molecule has 1 heterocycles. The molecule has 1 N–H and O–H groups in total. The van der Waals surface area contributed by atoms with E-state index in [0.717, 1.165) is 23.2 Å². The summed E-state index contributed by atoms with van der Waals surface area (Å²) in [6, 6.07) is 17.6. The molecule has 96 valence electrons. The van der Waals surface area contributed by atoms with Crippen molar-refractivity contribution < 1.29 is 4.79 Å². The van der Waals surface area contributed by atoms with E-state index >= 15 is 0 Å². The second kappa shape index (κ2) is 3.71. The van der Waals surface area contributed by atoms with Crippen LogP contribution in [-0.2, 0) is 10.2 Å². The first kappa shape index (κ1) is 11.2. The Morgan fingerprint density at radius 3 is 2.65 bits per heavy atom. The van der Waals surface area contributed by atoms with Crippen LogP contribution in [0.2, 0.25) is 0 Å². The van der Waals surface area contributed by atoms with E-state index in [1.807, 2.05) is 48.5 Å². The molecule has 2 aromatic carbocycles. The van der Waals surface area contributed by atoms with Gasteiger partial charge < -0.3 is 5.32 Å². The van der Waals surface area contributed by atoms with Gasteiger partial charge in [-0.2, -0.15) is 5.26 Å². The molecule has 0 saturated heterocycles. The zero-order valence-electron chi connectivity index (χ0n) is 10.8. The second-order valence-electron chi connectivity index (χ2n) is 5.46. The van der Waals surface area contributed by atoms with E-state index in [1.165, 1.54) is 0 Å². The van der Waals surface area contributed by atoms with Crippen molar-refractivity contribution in [1.82, 2.24) is 0 Å². The third-order valence-corrected chi connectivity index (χ3v) is 4.46. The summed E-state index contributed by atoms with van der Waals surface area (Å²) >= 11 is 0. The number of carbonyl (C=O) groups excluding carboxylic acids is 1. The largest absolute Gasteiger partial charge is 0.325 e. The summed E-state index contributed by atoms with van der Waals surface area (Å²) in [5.74, 6) is 0.326. The van der Waals surface area contributed by atoms with Gasteiger partial charge in [0.25, 0.3) is 0 Å². The highest BCUT2D eigenvalue weighted by Gasteiger charge is 2.64. The molecule has 3 nitrogen and oxygen atoms in total. The summed E-state index contributed by atoms with van der Waals surface area (Å²) < 4.78 is 0. The first-order valence-electron chi connectivity index (χ1n) is 6.67. The first-order valence-corrected chi connectivity index (χ1v) is 6.67. The van der Waals surface area contributed by atoms with Gasteiger partial charge in [0.2, 0.25) is 5.91 Å². The van der Waals surface area contributed by atoms with Gasteiger partial charge in [-0.3, -0.25) is 4.79 Å². The van der Waals surface area contributed by atoms with Crippen LogP contribution in [0, 0.1) is 11.3 Å². The molecule has 0 aromatic heterocycles. The fourth-order valence-corrected chi connectivity index (χ4v) is 3.34. The lowest BCUT2D eigenvalue weighted by molar-refractivity contribution is -0.118. The molecule has 0 bridgehead atoms. The topological polar surface area (TPSA) is 52.9 Å². The van der Waals surface area contributed by atoms with Crippen LogP contribution in [0.25, 0.3) is 0 Å². The average molecular weight is 260 g/mol. The van der Waals surface area contributed by atoms with Crippen LogP contribution in [0.15, 0.2) is 48.5 Å². The molecule has 1 aliphatic carbocycles. The third kappa shape index (κ3) is 1.31. The fourth-order valence-electron chi connectivity index (χ4n) is 3.34. The molecule has 1 spiro atoms. The van der Waals surface area contributed by atoms with Gasteiger partial charge in [-0.15, -0.1) is 0 Å². The third-order valence-electron chi connectivity index (χ3n) is 4.46. The highest BCUT2D eigenvalue weighted by molar-refractivity contribution is 6.09. The maximum absolute atomic E-state index is 12.4. The van der Waals surface area contributed by atoms with Crippen LogP contribution in [0.3, 0.4) is 0 Å². The Labute approximate surface area is 116 Å². The standard InChI is InChI=1S/C17H12N2O/c18-10-11-5-7-12(8-6-11)14-9-17(14)13-3-1-2-4-15(13)19-16(17)20/h1-8,14H,9H2,(H,19,20)/t14-,17-/m0/s1. The highest BCUT2D eigenvalue weighted by Crippen LogP contribution is 2.64. The first-order chi connectivity index (χ1) is 9.75. The molecular formula is C17H12N2O. The predicted molar refractivity (Wildman–Crippen MR) is 75.3 cm³/mol. The monoisotopic (exact) mass is 260 g/mol. The maximum Gasteiger partial charge on any atom is 0.235 e. The van der Waals surface area contributed by atoms with Gasteiger partial charge in [0.1, 0.15) is 0 Å². The van der Waals surface area contributed by atoms with E-state index in [0.29, 0.717) is 5.56 Å². The van der Waals surface area contributed by atoms with E-state index in [1.54, 1.807) is 0 Å². The minimum Gasteiger partial charge on any atom is -0.325 e. The van der Waals surface area contributed by atoms with Gasteiger partial charge in [-0.05, 0) is 35.7 Å². The fraction of sp³-hybridized carbons (Fsp3) is 0.176. The number of carbonyl (C=O) groups is 1. The zero-order chi connectivity index (χ0) is 13.7. The van der Waals surface area contributed by atoms with Crippen molar-refractivity contribution in [3.05, 3.63) is 65.2 Å². The van der Waals surface area contributed by atoms with Gasteiger partial charge in [0, 0.05) is 11.6 Å². The molecule has 0 unspecified atom stereocenters. The Bertz CT molecular complexity index is 757. The molecule has 1 saturated carbocycles. The summed E-state index contributed by atoms with van der Waals surface area (Å²) in [5.41, 5.74) is 3.45. The maximum atomic E-state index is 12.4. The lowest BCUT2D eigenvalue weighted by atomic mass is 9.92. The van der Waals surface area contributed by atoms with E-state index in [4.69, 9.17) is 5.26 Å². The van der Waals surface area contributed by atoms with Crippen molar-refractivity contribution in [1.29, 1.82) is 5.26 Å². The molecule has 2 atom stereocenters. The molecule has 1 aliphatic heterocycles. The molecule has 4 rings (SSSR count). The van der Waals surface area contributed by atoms with Gasteiger partial charge in [0.15, 0.2) is 0 Å². The molecule has 3 heteroatoms. The summed E-state index contributed by atoms with van der Waals surface area (Å²) in [6.45, 7) is 0. The minimum atomic E-state index is -0.384. The van der Waals surface area contributed by atoms with Crippen LogP contribution in [0.1, 0.15) is 29.0 Å². The van der Waals surface area contributed by atoms with Crippen molar-refractivity contribution in [2.75, 3.05) is 5.32 Å². The summed E-state index contributed by atoms with van der Waals surface area (Å²) in [6.07, 6.45) is 0.849. The van der Waals surface area contributed by atoms with Crippen LogP contribution >= 0.6 is 0 Å². The molecule has 2 aromatic rings. The van der Waals surface area contributed by atoms with Crippen molar-refractivity contribution in [3.63, 3.8) is 0 Å². The Morgan fingerprint density at radius 1 is 1.15 bits per heavy atom. The molecule has 1 amide bonds. The molecular weight excluding hydrogens is 248 g/mol. The zero-order valence-corrected chi connectivity index (χ0v) is 10.8. The summed E-state index contributed by atoms with van der Waals surface area (Å²) in [4.78, 5) is 12.4. The van der Waals surface area contributed by atoms with Crippen molar-refractivity contribution in [2.24, 2.45) is 0 Å². The highest BCUT2D eigenvalue weighted by atomic mass is 16.2. The number of rotatable bonds is 1. The predicted octanol–water partition coefficient (Wildman–Crippen LogP) is 2.94. The molecule has 20 heavy (non-hydrogen) atoms. The molecule has 1 fully saturated rings. The lowest BCUT2D eigenvalue weighted by Crippen LogP contribution is -2.20. The second-order valence-corrected chi connectivity index (χ2v) is 5.46. The van der Waals surface area contributed by atoms with Gasteiger partial charge in [0.05, 0.1) is 17.0 Å². The number of nitriles is 1. The number of amides is 1. The number of anilines is 1. The number of hydrogen-bond donors (Lipinski definition) is 1. The van der Waals surface area contributed by atoms with Crippen LogP contribution in [0.4, 0.5) is 5.69 Å². The van der Waals surface area contributed by atoms with E-state index < -0.39 is 0 Å². The summed E-state index contributed by atoms with van der Waals surface area (Å²) in [7, 11) is 0. The van der Waals surface area contributed by atoms with Crippen LogP contribution in [0.5, 0.6) is 0 Å². The number of nitrogens with one attached hydrogen (secondary N) is 1. The number of fused-ring (bicyclic) bond motifs is 2. The van der Waals surface area contributed by atoms with Crippen molar-refractivity contribution in [2.45, 2.75) is 17.8 Å². The Kier molecular flexibility index (Phi) is 2.08. The molecule has 0 radical (unpaired) electrons. The number of nitrogens with zero attached hydrogens (tertiary/aromatic N) is 1. The van der Waals surface area contributed by atoms with Crippen LogP contribution in [-0.4, -0.2) is 5.91 Å². The Balaban J connectivity index is 1.75. The number of para-hydroxylation sites is 1. The Morgan fingerprint density at radius 2 is 1.90 bits per heavy atom. The van der Waals surface area contributed by atoms with Gasteiger partial charge in [-0.25, -0.2) is 0 Å². The minimum absolute atomic E-state index is 0.105. The number of benzene rings is 2. The normalized spacial score (nSPS) is 25.9. The van der Waals surface area contributed by atoms with Crippen molar-refractivity contribution >= 4 is 11.6 Å². The van der Waals surface area contributed by atoms with E-state index in [9.17, 15) is 4.79 Å². The van der Waals surface area contributed by atoms with E-state index in [-0.39, 0.29) is 17.2 Å². The van der Waals surface area contributed by atoms with Gasteiger partial charge >= 0.3 is 0 Å².